The van der Waals surface area contributed by atoms with Crippen LogP contribution in [0.2, 0.25) is 0 Å². The summed E-state index contributed by atoms with van der Waals surface area (Å²) in [5.74, 6) is 1.69. The number of methoxy groups -OCH3 is 2. The van der Waals surface area contributed by atoms with E-state index in [1.807, 2.05) is 18.2 Å². The third kappa shape index (κ3) is 4.65. The first-order valence-corrected chi connectivity index (χ1v) is 9.56. The Morgan fingerprint density at radius 1 is 1.11 bits per heavy atom. The van der Waals surface area contributed by atoms with Crippen molar-refractivity contribution in [3.05, 3.63) is 41.5 Å². The van der Waals surface area contributed by atoms with Gasteiger partial charge in [-0.05, 0) is 37.1 Å². The Hall–Kier alpha value is -2.96. The minimum Gasteiger partial charge on any atom is -0.497 e. The minimum atomic E-state index is -0.949. The van der Waals surface area contributed by atoms with Gasteiger partial charge in [0.2, 0.25) is 0 Å². The Bertz CT molecular complexity index is 817. The lowest BCUT2D eigenvalue weighted by Crippen LogP contribution is -2.27. The van der Waals surface area contributed by atoms with Crippen molar-refractivity contribution in [2.24, 2.45) is 0 Å². The monoisotopic (exact) mass is 385 g/mol. The molecule has 0 radical (unpaired) electrons. The Morgan fingerprint density at radius 3 is 2.50 bits per heavy atom. The summed E-state index contributed by atoms with van der Waals surface area (Å²) < 4.78 is 10.7. The highest BCUT2D eigenvalue weighted by molar-refractivity contribution is 5.93. The average Bonchev–Trinajstić information content (AvgIpc) is 3.01. The quantitative estimate of drug-likeness (QED) is 0.750. The van der Waals surface area contributed by atoms with Gasteiger partial charge in [-0.15, -0.1) is 0 Å². The number of pyridine rings is 1. The molecule has 1 aliphatic heterocycles. The van der Waals surface area contributed by atoms with Gasteiger partial charge in [-0.3, -0.25) is 0 Å². The molecular formula is C21H27N3O4. The molecule has 7 nitrogen and oxygen atoms in total. The number of rotatable bonds is 7. The lowest BCUT2D eigenvalue weighted by Gasteiger charge is -2.23. The number of carboxylic acids is 1. The van der Waals surface area contributed by atoms with Gasteiger partial charge in [0.1, 0.15) is 28.7 Å². The number of hydrogen-bond donors (Lipinski definition) is 2. The number of hydrogen-bond acceptors (Lipinski definition) is 6. The fraction of sp³-hybridized carbons (Fsp3) is 0.429. The van der Waals surface area contributed by atoms with Crippen molar-refractivity contribution >= 4 is 17.6 Å². The van der Waals surface area contributed by atoms with Gasteiger partial charge in [0.05, 0.1) is 14.2 Å². The number of benzene rings is 1. The van der Waals surface area contributed by atoms with Gasteiger partial charge in [0, 0.05) is 31.3 Å². The molecule has 3 rings (SSSR count). The first-order valence-electron chi connectivity index (χ1n) is 9.56. The summed E-state index contributed by atoms with van der Waals surface area (Å²) in [5, 5.41) is 12.9. The fourth-order valence-corrected chi connectivity index (χ4v) is 3.42. The molecule has 0 unspecified atom stereocenters. The molecule has 1 aromatic heterocycles. The van der Waals surface area contributed by atoms with Crippen molar-refractivity contribution in [3.63, 3.8) is 0 Å². The lowest BCUT2D eigenvalue weighted by molar-refractivity contribution is 0.0697. The van der Waals surface area contributed by atoms with Crippen LogP contribution in [-0.2, 0) is 6.54 Å². The average molecular weight is 385 g/mol. The minimum absolute atomic E-state index is 0.245. The van der Waals surface area contributed by atoms with Gasteiger partial charge in [0.15, 0.2) is 0 Å². The van der Waals surface area contributed by atoms with E-state index >= 15 is 0 Å². The summed E-state index contributed by atoms with van der Waals surface area (Å²) in [4.78, 5) is 18.4. The standard InChI is InChI=1S/C21H27N3O4/c1-27-16-8-7-15(18(13-16)28-2)14-22-19-10-9-17(21(25)26)20(23-19)24-11-5-3-4-6-12-24/h7-10,13H,3-6,11-12,14H2,1-2H3,(H,22,23)(H,25,26). The van der Waals surface area contributed by atoms with Crippen molar-refractivity contribution in [3.8, 4) is 11.5 Å². The summed E-state index contributed by atoms with van der Waals surface area (Å²) in [6, 6.07) is 8.99. The van der Waals surface area contributed by atoms with Gasteiger partial charge in [-0.25, -0.2) is 9.78 Å². The second-order valence-corrected chi connectivity index (χ2v) is 6.81. The molecule has 0 amide bonds. The van der Waals surface area contributed by atoms with E-state index in [1.165, 1.54) is 12.8 Å². The maximum Gasteiger partial charge on any atom is 0.339 e. The van der Waals surface area contributed by atoms with Crippen molar-refractivity contribution in [2.45, 2.75) is 32.2 Å². The molecule has 1 aliphatic rings. The SMILES string of the molecule is COc1ccc(CNc2ccc(C(=O)O)c(N3CCCCCC3)n2)c(OC)c1. The molecule has 2 heterocycles. The van der Waals surface area contributed by atoms with Crippen LogP contribution in [0.25, 0.3) is 0 Å². The van der Waals surface area contributed by atoms with Gasteiger partial charge in [-0.2, -0.15) is 0 Å². The molecule has 28 heavy (non-hydrogen) atoms. The largest absolute Gasteiger partial charge is 0.497 e. The number of nitrogens with one attached hydrogen (secondary N) is 1. The van der Waals surface area contributed by atoms with Crippen LogP contribution >= 0.6 is 0 Å². The number of aromatic nitrogens is 1. The van der Waals surface area contributed by atoms with Crippen LogP contribution in [0.3, 0.4) is 0 Å². The van der Waals surface area contributed by atoms with Gasteiger partial charge in [0.25, 0.3) is 0 Å². The molecule has 0 atom stereocenters. The molecule has 0 saturated carbocycles. The first-order chi connectivity index (χ1) is 13.6. The number of anilines is 2. The van der Waals surface area contributed by atoms with Gasteiger partial charge in [-0.1, -0.05) is 12.8 Å². The molecule has 0 aliphatic carbocycles. The van der Waals surface area contributed by atoms with Crippen LogP contribution in [-0.4, -0.2) is 43.4 Å². The first kappa shape index (κ1) is 19.8. The predicted octanol–water partition coefficient (Wildman–Crippen LogP) is 3.79. The highest BCUT2D eigenvalue weighted by Crippen LogP contribution is 2.27. The van der Waals surface area contributed by atoms with E-state index in [2.05, 4.69) is 15.2 Å². The predicted molar refractivity (Wildman–Crippen MR) is 109 cm³/mol. The second kappa shape index (κ2) is 9.30. The van der Waals surface area contributed by atoms with E-state index < -0.39 is 5.97 Å². The number of carboxylic acid groups (broad SMARTS) is 1. The highest BCUT2D eigenvalue weighted by Gasteiger charge is 2.20. The van der Waals surface area contributed by atoms with Crippen molar-refractivity contribution in [1.82, 2.24) is 4.98 Å². The molecule has 7 heteroatoms. The van der Waals surface area contributed by atoms with Crippen LogP contribution in [0.1, 0.15) is 41.6 Å². The van der Waals surface area contributed by atoms with Crippen LogP contribution in [0.5, 0.6) is 11.5 Å². The Balaban J connectivity index is 1.81. The topological polar surface area (TPSA) is 83.9 Å². The zero-order valence-electron chi connectivity index (χ0n) is 16.4. The second-order valence-electron chi connectivity index (χ2n) is 6.81. The van der Waals surface area contributed by atoms with Crippen LogP contribution < -0.4 is 19.7 Å². The van der Waals surface area contributed by atoms with Gasteiger partial charge >= 0.3 is 5.97 Å². The van der Waals surface area contributed by atoms with Crippen LogP contribution in [0, 0.1) is 0 Å². The van der Waals surface area contributed by atoms with Crippen LogP contribution in [0.4, 0.5) is 11.6 Å². The third-order valence-electron chi connectivity index (χ3n) is 4.97. The number of nitrogens with zero attached hydrogens (tertiary/aromatic N) is 2. The molecule has 2 aromatic rings. The Kier molecular flexibility index (Phi) is 6.57. The van der Waals surface area contributed by atoms with Crippen molar-refractivity contribution in [2.75, 3.05) is 37.5 Å². The van der Waals surface area contributed by atoms with Gasteiger partial charge < -0.3 is 24.8 Å². The maximum atomic E-state index is 11.7. The van der Waals surface area contributed by atoms with E-state index in [0.717, 1.165) is 43.0 Å². The fourth-order valence-electron chi connectivity index (χ4n) is 3.42. The Labute approximate surface area is 165 Å². The van der Waals surface area contributed by atoms with E-state index in [1.54, 1.807) is 26.4 Å². The summed E-state index contributed by atoms with van der Waals surface area (Å²) in [6.07, 6.45) is 4.46. The lowest BCUT2D eigenvalue weighted by atomic mass is 10.2. The zero-order valence-corrected chi connectivity index (χ0v) is 16.4. The van der Waals surface area contributed by atoms with Crippen molar-refractivity contribution in [1.29, 1.82) is 0 Å². The number of ether oxygens (including phenoxy) is 2. The molecule has 0 spiro atoms. The van der Waals surface area contributed by atoms with E-state index in [-0.39, 0.29) is 5.56 Å². The van der Waals surface area contributed by atoms with Crippen LogP contribution in [0.15, 0.2) is 30.3 Å². The summed E-state index contributed by atoms with van der Waals surface area (Å²) >= 11 is 0. The number of aromatic carboxylic acids is 1. The molecule has 2 N–H and O–H groups in total. The smallest absolute Gasteiger partial charge is 0.339 e. The highest BCUT2D eigenvalue weighted by atomic mass is 16.5. The zero-order chi connectivity index (χ0) is 19.9. The molecule has 0 bridgehead atoms. The molecule has 1 aromatic carbocycles. The summed E-state index contributed by atoms with van der Waals surface area (Å²) in [7, 11) is 3.24. The summed E-state index contributed by atoms with van der Waals surface area (Å²) in [6.45, 7) is 2.18. The summed E-state index contributed by atoms with van der Waals surface area (Å²) in [5.41, 5.74) is 1.21. The maximum absolute atomic E-state index is 11.7. The third-order valence-corrected chi connectivity index (χ3v) is 4.97. The van der Waals surface area contributed by atoms with E-state index in [9.17, 15) is 9.90 Å². The Morgan fingerprint density at radius 2 is 1.86 bits per heavy atom. The van der Waals surface area contributed by atoms with Crippen molar-refractivity contribution < 1.29 is 19.4 Å². The molecule has 1 saturated heterocycles. The number of carbonyl (C=O) groups is 1. The van der Waals surface area contributed by atoms with E-state index in [0.29, 0.717) is 18.2 Å². The molecule has 150 valence electrons. The molecular weight excluding hydrogens is 358 g/mol. The normalized spacial score (nSPS) is 14.3. The van der Waals surface area contributed by atoms with E-state index in [4.69, 9.17) is 9.47 Å². The molecule has 1 fully saturated rings.